The van der Waals surface area contributed by atoms with Crippen LogP contribution in [0.5, 0.6) is 0 Å². The summed E-state index contributed by atoms with van der Waals surface area (Å²) in [5.41, 5.74) is 2.62. The van der Waals surface area contributed by atoms with Crippen molar-refractivity contribution in [3.63, 3.8) is 0 Å². The standard InChI is InChI=1S/C32H18S2/c1-2-10-23-21(8-1)22-9-3-4-11-24(22)28-18-19(16-17-25(23)28)20-13-7-14-27-30-26-12-5-6-15-29(26)33-32(30)34-31(20)27/h1-18H. The van der Waals surface area contributed by atoms with E-state index in [0.717, 1.165) is 0 Å². The SMILES string of the molecule is c1ccc2c(c1)sc1sc3c(-c4ccc5c6ccccc6c6ccccc6c5c4)cccc3c12. The predicted octanol–water partition coefficient (Wildman–Crippen LogP) is 10.4. The highest BCUT2D eigenvalue weighted by Crippen LogP contribution is 2.47. The molecule has 0 N–H and O–H groups in total. The zero-order valence-electron chi connectivity index (χ0n) is 18.2. The molecule has 0 saturated carbocycles. The summed E-state index contributed by atoms with van der Waals surface area (Å²) in [6.07, 6.45) is 0. The minimum absolute atomic E-state index is 1.29. The smallest absolute Gasteiger partial charge is 0.0890 e. The fourth-order valence-electron chi connectivity index (χ4n) is 5.59. The van der Waals surface area contributed by atoms with E-state index in [4.69, 9.17) is 0 Å². The first-order chi connectivity index (χ1) is 16.9. The predicted molar refractivity (Wildman–Crippen MR) is 153 cm³/mol. The number of rotatable bonds is 1. The minimum atomic E-state index is 1.29. The lowest BCUT2D eigenvalue weighted by Gasteiger charge is -2.12. The molecule has 158 valence electrons. The Labute approximate surface area is 204 Å². The van der Waals surface area contributed by atoms with Crippen LogP contribution in [-0.2, 0) is 0 Å². The van der Waals surface area contributed by atoms with Gasteiger partial charge in [0.2, 0.25) is 0 Å². The third kappa shape index (κ3) is 2.47. The van der Waals surface area contributed by atoms with Crippen LogP contribution in [0.4, 0.5) is 0 Å². The largest absolute Gasteiger partial charge is 0.124 e. The Balaban J connectivity index is 1.47. The minimum Gasteiger partial charge on any atom is -0.124 e. The van der Waals surface area contributed by atoms with E-state index >= 15 is 0 Å². The molecule has 8 aromatic rings. The number of thiophene rings is 2. The van der Waals surface area contributed by atoms with Crippen molar-refractivity contribution in [2.45, 2.75) is 0 Å². The molecule has 0 bridgehead atoms. The molecule has 0 radical (unpaired) electrons. The second-order valence-corrected chi connectivity index (χ2v) is 11.2. The number of benzene rings is 6. The van der Waals surface area contributed by atoms with Gasteiger partial charge in [0.05, 0.1) is 4.01 Å². The summed E-state index contributed by atoms with van der Waals surface area (Å²) in [5.74, 6) is 0. The molecule has 0 aliphatic carbocycles. The molecule has 34 heavy (non-hydrogen) atoms. The van der Waals surface area contributed by atoms with Gasteiger partial charge in [-0.2, -0.15) is 0 Å². The fraction of sp³-hybridized carbons (Fsp3) is 0. The molecule has 6 aromatic carbocycles. The van der Waals surface area contributed by atoms with Crippen molar-refractivity contribution < 1.29 is 0 Å². The molecule has 0 aliphatic rings. The second-order valence-electron chi connectivity index (χ2n) is 8.90. The van der Waals surface area contributed by atoms with E-state index in [1.807, 2.05) is 22.7 Å². The number of fused-ring (bicyclic) bond motifs is 11. The Kier molecular flexibility index (Phi) is 3.79. The summed E-state index contributed by atoms with van der Waals surface area (Å²) < 4.78 is 4.18. The molecule has 8 rings (SSSR count). The maximum absolute atomic E-state index is 2.41. The molecule has 0 spiro atoms. The Bertz CT molecular complexity index is 2040. The number of hydrogen-bond acceptors (Lipinski definition) is 2. The van der Waals surface area contributed by atoms with E-state index in [2.05, 4.69) is 109 Å². The van der Waals surface area contributed by atoms with Crippen LogP contribution in [0.1, 0.15) is 0 Å². The van der Waals surface area contributed by atoms with E-state index in [9.17, 15) is 0 Å². The van der Waals surface area contributed by atoms with Gasteiger partial charge in [-0.1, -0.05) is 97.1 Å². The molecule has 2 heterocycles. The normalized spacial score (nSPS) is 12.1. The Hall–Kier alpha value is -3.72. The molecule has 0 unspecified atom stereocenters. The van der Waals surface area contributed by atoms with Gasteiger partial charge in [0.1, 0.15) is 0 Å². The first-order valence-corrected chi connectivity index (χ1v) is 13.2. The molecular formula is C32H18S2. The zero-order valence-corrected chi connectivity index (χ0v) is 19.8. The van der Waals surface area contributed by atoms with Gasteiger partial charge in [0.25, 0.3) is 0 Å². The van der Waals surface area contributed by atoms with Crippen molar-refractivity contribution in [3.05, 3.63) is 109 Å². The van der Waals surface area contributed by atoms with Crippen LogP contribution in [0.2, 0.25) is 0 Å². The number of hydrogen-bond donors (Lipinski definition) is 0. The van der Waals surface area contributed by atoms with E-state index in [0.29, 0.717) is 0 Å². The highest BCUT2D eigenvalue weighted by Gasteiger charge is 2.16. The third-order valence-electron chi connectivity index (χ3n) is 7.10. The van der Waals surface area contributed by atoms with Crippen LogP contribution >= 0.6 is 22.7 Å². The van der Waals surface area contributed by atoms with Gasteiger partial charge in [-0.3, -0.25) is 0 Å². The van der Waals surface area contributed by atoms with Crippen LogP contribution < -0.4 is 0 Å². The molecule has 0 nitrogen and oxygen atoms in total. The second kappa shape index (κ2) is 6.89. The average molecular weight is 467 g/mol. The van der Waals surface area contributed by atoms with Gasteiger partial charge < -0.3 is 0 Å². The summed E-state index contributed by atoms with van der Waals surface area (Å²) in [6.45, 7) is 0. The lowest BCUT2D eigenvalue weighted by molar-refractivity contribution is 1.73. The van der Waals surface area contributed by atoms with Crippen molar-refractivity contribution in [1.29, 1.82) is 0 Å². The summed E-state index contributed by atoms with van der Waals surface area (Å²) in [7, 11) is 0. The van der Waals surface area contributed by atoms with Gasteiger partial charge in [-0.25, -0.2) is 0 Å². The summed E-state index contributed by atoms with van der Waals surface area (Å²) in [6, 6.07) is 40.2. The van der Waals surface area contributed by atoms with Gasteiger partial charge in [-0.05, 0) is 55.6 Å². The van der Waals surface area contributed by atoms with E-state index < -0.39 is 0 Å². The van der Waals surface area contributed by atoms with Gasteiger partial charge in [-0.15, -0.1) is 22.7 Å². The molecule has 2 heteroatoms. The molecule has 0 aliphatic heterocycles. The topological polar surface area (TPSA) is 0 Å². The van der Waals surface area contributed by atoms with Crippen molar-refractivity contribution in [1.82, 2.24) is 0 Å². The molecule has 0 amide bonds. The fourth-order valence-corrected chi connectivity index (χ4v) is 8.31. The highest BCUT2D eigenvalue weighted by molar-refractivity contribution is 7.44. The molecule has 0 fully saturated rings. The quantitative estimate of drug-likeness (QED) is 0.211. The summed E-state index contributed by atoms with van der Waals surface area (Å²) in [5, 5.41) is 12.1. The first kappa shape index (κ1) is 18.7. The maximum atomic E-state index is 2.41. The van der Waals surface area contributed by atoms with Gasteiger partial charge >= 0.3 is 0 Å². The summed E-state index contributed by atoms with van der Waals surface area (Å²) >= 11 is 3.85. The Morgan fingerprint density at radius 2 is 1.00 bits per heavy atom. The lowest BCUT2D eigenvalue weighted by atomic mass is 9.92. The first-order valence-electron chi connectivity index (χ1n) is 11.5. The Morgan fingerprint density at radius 3 is 1.74 bits per heavy atom. The van der Waals surface area contributed by atoms with Crippen LogP contribution in [0.3, 0.4) is 0 Å². The molecule has 0 saturated heterocycles. The maximum Gasteiger partial charge on any atom is 0.0890 e. The van der Waals surface area contributed by atoms with Crippen LogP contribution in [-0.4, -0.2) is 0 Å². The van der Waals surface area contributed by atoms with Crippen molar-refractivity contribution in [2.24, 2.45) is 0 Å². The van der Waals surface area contributed by atoms with E-state index in [1.54, 1.807) is 0 Å². The van der Waals surface area contributed by atoms with E-state index in [-0.39, 0.29) is 0 Å². The van der Waals surface area contributed by atoms with Gasteiger partial charge in [0, 0.05) is 25.6 Å². The highest BCUT2D eigenvalue weighted by atomic mass is 32.2. The van der Waals surface area contributed by atoms with Crippen LogP contribution in [0, 0.1) is 0 Å². The zero-order chi connectivity index (χ0) is 22.2. The van der Waals surface area contributed by atoms with E-state index in [1.165, 1.54) is 73.0 Å². The van der Waals surface area contributed by atoms with Crippen LogP contribution in [0.15, 0.2) is 109 Å². The monoisotopic (exact) mass is 466 g/mol. The molecule has 2 aromatic heterocycles. The van der Waals surface area contributed by atoms with Crippen molar-refractivity contribution in [3.8, 4) is 11.1 Å². The Morgan fingerprint density at radius 1 is 0.412 bits per heavy atom. The third-order valence-corrected chi connectivity index (χ3v) is 9.60. The summed E-state index contributed by atoms with van der Waals surface area (Å²) in [4.78, 5) is 0. The van der Waals surface area contributed by atoms with Crippen molar-refractivity contribution in [2.75, 3.05) is 0 Å². The lowest BCUT2D eigenvalue weighted by Crippen LogP contribution is -1.85. The van der Waals surface area contributed by atoms with Crippen molar-refractivity contribution >= 4 is 84.6 Å². The molecular weight excluding hydrogens is 448 g/mol. The average Bonchev–Trinajstić information content (AvgIpc) is 3.45. The van der Waals surface area contributed by atoms with Crippen LogP contribution in [0.25, 0.3) is 73.0 Å². The molecule has 0 atom stereocenters. The van der Waals surface area contributed by atoms with Gasteiger partial charge in [0.15, 0.2) is 0 Å².